The molecule has 0 spiro atoms. The van der Waals surface area contributed by atoms with E-state index in [4.69, 9.17) is 4.52 Å². The van der Waals surface area contributed by atoms with Gasteiger partial charge in [0.25, 0.3) is 5.91 Å². The van der Waals surface area contributed by atoms with Crippen LogP contribution in [-0.2, 0) is 19.3 Å². The van der Waals surface area contributed by atoms with Crippen LogP contribution in [0, 0.1) is 11.6 Å². The fourth-order valence-electron chi connectivity index (χ4n) is 4.36. The Morgan fingerprint density at radius 2 is 2.03 bits per heavy atom. The number of benzene rings is 1. The smallest absolute Gasteiger partial charge is 0.290 e. The minimum atomic E-state index is -0.933. The summed E-state index contributed by atoms with van der Waals surface area (Å²) in [4.78, 5) is 12.8. The van der Waals surface area contributed by atoms with Crippen LogP contribution < -0.4 is 5.32 Å². The summed E-state index contributed by atoms with van der Waals surface area (Å²) < 4.78 is 34.7. The maximum atomic E-state index is 14.3. The summed E-state index contributed by atoms with van der Waals surface area (Å²) in [5, 5.41) is 11.4. The average Bonchev–Trinajstić information content (AvgIpc) is 3.35. The molecule has 1 amide bonds. The SMILES string of the molecule is O=C(N[C@@H]1CCCc2c1cnn2-c1cccc(F)c1F)c1onc2c1CCCC2. The van der Waals surface area contributed by atoms with E-state index in [2.05, 4.69) is 15.6 Å². The largest absolute Gasteiger partial charge is 0.350 e. The summed E-state index contributed by atoms with van der Waals surface area (Å²) in [5.41, 5.74) is 3.46. The first kappa shape index (κ1) is 18.0. The number of carbonyl (C=O) groups excluding carboxylic acids is 1. The fraction of sp³-hybridized carbons (Fsp3) is 0.381. The van der Waals surface area contributed by atoms with Crippen LogP contribution in [0.1, 0.15) is 64.8 Å². The molecule has 3 aromatic rings. The lowest BCUT2D eigenvalue weighted by Gasteiger charge is -2.24. The third-order valence-electron chi connectivity index (χ3n) is 5.81. The Morgan fingerprint density at radius 1 is 1.17 bits per heavy atom. The molecule has 0 saturated heterocycles. The van der Waals surface area contributed by atoms with Crippen molar-refractivity contribution in [2.45, 2.75) is 51.0 Å². The summed E-state index contributed by atoms with van der Waals surface area (Å²) in [7, 11) is 0. The van der Waals surface area contributed by atoms with Crippen molar-refractivity contribution < 1.29 is 18.1 Å². The van der Waals surface area contributed by atoms with Crippen LogP contribution in [-0.4, -0.2) is 20.8 Å². The number of nitrogens with zero attached hydrogens (tertiary/aromatic N) is 3. The number of aryl methyl sites for hydroxylation is 1. The number of hydrogen-bond donors (Lipinski definition) is 1. The van der Waals surface area contributed by atoms with Gasteiger partial charge in [0.1, 0.15) is 5.69 Å². The Morgan fingerprint density at radius 3 is 2.93 bits per heavy atom. The van der Waals surface area contributed by atoms with Crippen molar-refractivity contribution in [3.05, 3.63) is 64.3 Å². The van der Waals surface area contributed by atoms with Gasteiger partial charge in [0.2, 0.25) is 5.76 Å². The molecule has 6 nitrogen and oxygen atoms in total. The topological polar surface area (TPSA) is 73.0 Å². The van der Waals surface area contributed by atoms with Crippen LogP contribution in [0.15, 0.2) is 28.9 Å². The zero-order valence-electron chi connectivity index (χ0n) is 15.8. The van der Waals surface area contributed by atoms with Gasteiger partial charge in [-0.2, -0.15) is 5.10 Å². The van der Waals surface area contributed by atoms with Gasteiger partial charge >= 0.3 is 0 Å². The second kappa shape index (κ2) is 7.09. The number of aromatic nitrogens is 3. The number of nitrogens with one attached hydrogen (secondary N) is 1. The molecule has 1 aromatic carbocycles. The monoisotopic (exact) mass is 398 g/mol. The summed E-state index contributed by atoms with van der Waals surface area (Å²) in [6.07, 6.45) is 7.56. The molecule has 0 aliphatic heterocycles. The Labute approximate surface area is 165 Å². The fourth-order valence-corrected chi connectivity index (χ4v) is 4.36. The van der Waals surface area contributed by atoms with Crippen molar-refractivity contribution in [2.24, 2.45) is 0 Å². The van der Waals surface area contributed by atoms with Crippen LogP contribution in [0.25, 0.3) is 5.69 Å². The van der Waals surface area contributed by atoms with Crippen molar-refractivity contribution in [3.8, 4) is 5.69 Å². The molecule has 0 saturated carbocycles. The number of fused-ring (bicyclic) bond motifs is 2. The van der Waals surface area contributed by atoms with Crippen LogP contribution in [0.2, 0.25) is 0 Å². The van der Waals surface area contributed by atoms with Crippen molar-refractivity contribution in [3.63, 3.8) is 0 Å². The first-order valence-electron chi connectivity index (χ1n) is 9.93. The van der Waals surface area contributed by atoms with Gasteiger partial charge in [0, 0.05) is 16.8 Å². The van der Waals surface area contributed by atoms with Crippen molar-refractivity contribution in [1.82, 2.24) is 20.3 Å². The van der Waals surface area contributed by atoms with Gasteiger partial charge < -0.3 is 9.84 Å². The van der Waals surface area contributed by atoms with Gasteiger partial charge in [-0.15, -0.1) is 0 Å². The summed E-state index contributed by atoms with van der Waals surface area (Å²) in [6, 6.07) is 3.77. The quantitative estimate of drug-likeness (QED) is 0.728. The van der Waals surface area contributed by atoms with Gasteiger partial charge in [-0.05, 0) is 57.1 Å². The molecule has 0 fully saturated rings. The third kappa shape index (κ3) is 3.03. The molecule has 0 bridgehead atoms. The summed E-state index contributed by atoms with van der Waals surface area (Å²) in [5.74, 6) is -1.85. The molecule has 0 radical (unpaired) electrons. The van der Waals surface area contributed by atoms with Crippen molar-refractivity contribution >= 4 is 5.91 Å². The first-order valence-corrected chi connectivity index (χ1v) is 9.93. The number of hydrogen-bond acceptors (Lipinski definition) is 4. The second-order valence-corrected chi connectivity index (χ2v) is 7.59. The maximum absolute atomic E-state index is 14.3. The van der Waals surface area contributed by atoms with E-state index in [1.807, 2.05) is 0 Å². The third-order valence-corrected chi connectivity index (χ3v) is 5.81. The van der Waals surface area contributed by atoms with Crippen LogP contribution in [0.5, 0.6) is 0 Å². The highest BCUT2D eigenvalue weighted by Crippen LogP contribution is 2.32. The van der Waals surface area contributed by atoms with E-state index in [1.54, 1.807) is 6.20 Å². The zero-order chi connectivity index (χ0) is 20.0. The average molecular weight is 398 g/mol. The molecule has 29 heavy (non-hydrogen) atoms. The molecule has 2 heterocycles. The second-order valence-electron chi connectivity index (χ2n) is 7.59. The lowest BCUT2D eigenvalue weighted by molar-refractivity contribution is 0.0894. The Bertz CT molecular complexity index is 1090. The maximum Gasteiger partial charge on any atom is 0.290 e. The van der Waals surface area contributed by atoms with Crippen molar-refractivity contribution in [2.75, 3.05) is 0 Å². The van der Waals surface area contributed by atoms with E-state index >= 15 is 0 Å². The van der Waals surface area contributed by atoms with E-state index in [-0.39, 0.29) is 23.4 Å². The molecule has 2 aliphatic carbocycles. The lowest BCUT2D eigenvalue weighted by Crippen LogP contribution is -2.31. The highest BCUT2D eigenvalue weighted by molar-refractivity contribution is 5.93. The molecular formula is C21H20F2N4O2. The highest BCUT2D eigenvalue weighted by atomic mass is 19.2. The van der Waals surface area contributed by atoms with Crippen LogP contribution >= 0.6 is 0 Å². The van der Waals surface area contributed by atoms with E-state index in [1.165, 1.54) is 16.8 Å². The Kier molecular flexibility index (Phi) is 4.41. The van der Waals surface area contributed by atoms with Gasteiger partial charge in [-0.3, -0.25) is 4.79 Å². The highest BCUT2D eigenvalue weighted by Gasteiger charge is 2.30. The summed E-state index contributed by atoms with van der Waals surface area (Å²) >= 11 is 0. The molecular weight excluding hydrogens is 378 g/mol. The molecule has 150 valence electrons. The zero-order valence-corrected chi connectivity index (χ0v) is 15.8. The van der Waals surface area contributed by atoms with Gasteiger partial charge in [0.05, 0.1) is 17.9 Å². The molecule has 2 aromatic heterocycles. The van der Waals surface area contributed by atoms with E-state index in [9.17, 15) is 13.6 Å². The predicted octanol–water partition coefficient (Wildman–Crippen LogP) is 3.82. The number of rotatable bonds is 3. The van der Waals surface area contributed by atoms with E-state index < -0.39 is 11.6 Å². The van der Waals surface area contributed by atoms with Gasteiger partial charge in [0.15, 0.2) is 11.6 Å². The molecule has 8 heteroatoms. The molecule has 0 unspecified atom stereocenters. The van der Waals surface area contributed by atoms with Crippen LogP contribution in [0.3, 0.4) is 0 Å². The lowest BCUT2D eigenvalue weighted by atomic mass is 9.92. The molecule has 5 rings (SSSR count). The Hall–Kier alpha value is -3.03. The van der Waals surface area contributed by atoms with E-state index in [0.717, 1.165) is 67.1 Å². The molecule has 1 N–H and O–H groups in total. The number of amides is 1. The Balaban J connectivity index is 1.43. The summed E-state index contributed by atoms with van der Waals surface area (Å²) in [6.45, 7) is 0. The predicted molar refractivity (Wildman–Crippen MR) is 99.8 cm³/mol. The number of halogens is 2. The molecule has 1 atom stereocenters. The first-order chi connectivity index (χ1) is 14.1. The number of carbonyl (C=O) groups is 1. The van der Waals surface area contributed by atoms with Gasteiger partial charge in [-0.25, -0.2) is 13.5 Å². The van der Waals surface area contributed by atoms with E-state index in [0.29, 0.717) is 6.42 Å². The normalized spacial score (nSPS) is 18.2. The molecule has 2 aliphatic rings. The van der Waals surface area contributed by atoms with Gasteiger partial charge in [-0.1, -0.05) is 11.2 Å². The minimum absolute atomic E-state index is 0.0718. The van der Waals surface area contributed by atoms with Crippen LogP contribution in [0.4, 0.5) is 8.78 Å². The van der Waals surface area contributed by atoms with Crippen molar-refractivity contribution in [1.29, 1.82) is 0 Å². The standard InChI is InChI=1S/C21H20F2N4O2/c22-14-6-3-10-18(19(14)23)27-17-9-4-8-15(13(17)11-24-27)25-21(28)20-12-5-1-2-7-16(12)26-29-20/h3,6,10-11,15H,1-2,4-5,7-9H2,(H,25,28)/t15-/m1/s1. The minimum Gasteiger partial charge on any atom is -0.350 e.